The predicted molar refractivity (Wildman–Crippen MR) is 95.4 cm³/mol. The van der Waals surface area contributed by atoms with Crippen molar-refractivity contribution in [3.8, 4) is 0 Å². The third-order valence-electron chi connectivity index (χ3n) is 4.16. The zero-order valence-corrected chi connectivity index (χ0v) is 15.6. The van der Waals surface area contributed by atoms with E-state index in [1.807, 2.05) is 0 Å². The van der Waals surface area contributed by atoms with Gasteiger partial charge in [-0.2, -0.15) is 0 Å². The molecule has 0 aliphatic heterocycles. The molecule has 8 heteroatoms. The molecule has 25 heavy (non-hydrogen) atoms. The molecule has 1 aromatic heterocycles. The van der Waals surface area contributed by atoms with Crippen LogP contribution < -0.4 is 10.6 Å². The quantitative estimate of drug-likeness (QED) is 0.776. The molecule has 0 spiro atoms. The molecule has 0 radical (unpaired) electrons. The summed E-state index contributed by atoms with van der Waals surface area (Å²) < 4.78 is 9.79. The Bertz CT molecular complexity index is 650. The van der Waals surface area contributed by atoms with Crippen molar-refractivity contribution in [2.24, 2.45) is 0 Å². The van der Waals surface area contributed by atoms with Gasteiger partial charge in [0.1, 0.15) is 9.88 Å². The van der Waals surface area contributed by atoms with Crippen LogP contribution in [0.3, 0.4) is 0 Å². The number of urea groups is 1. The third-order valence-corrected chi connectivity index (χ3v) is 5.35. The van der Waals surface area contributed by atoms with Gasteiger partial charge in [-0.3, -0.25) is 5.32 Å². The molecule has 0 atom stereocenters. The number of carbonyl (C=O) groups excluding carboxylic acids is 3. The Labute approximate surface area is 151 Å². The Morgan fingerprint density at radius 3 is 2.44 bits per heavy atom. The second kappa shape index (κ2) is 8.84. The molecular weight excluding hydrogens is 344 g/mol. The van der Waals surface area contributed by atoms with E-state index in [0.29, 0.717) is 10.6 Å². The molecular formula is C17H24N2O5S. The highest BCUT2D eigenvalue weighted by atomic mass is 32.1. The van der Waals surface area contributed by atoms with Crippen molar-refractivity contribution in [2.45, 2.75) is 52.0 Å². The number of hydrogen-bond donors (Lipinski definition) is 2. The van der Waals surface area contributed by atoms with Gasteiger partial charge in [-0.1, -0.05) is 19.3 Å². The predicted octanol–water partition coefficient (Wildman–Crippen LogP) is 3.47. The van der Waals surface area contributed by atoms with Gasteiger partial charge in [0.05, 0.1) is 19.3 Å². The molecule has 7 nitrogen and oxygen atoms in total. The lowest BCUT2D eigenvalue weighted by molar-refractivity contribution is 0.0527. The monoisotopic (exact) mass is 368 g/mol. The second-order valence-electron chi connectivity index (χ2n) is 5.91. The maximum atomic E-state index is 12.3. The van der Waals surface area contributed by atoms with E-state index >= 15 is 0 Å². The maximum Gasteiger partial charge on any atom is 0.348 e. The number of ether oxygens (including phenoxy) is 2. The maximum absolute atomic E-state index is 12.3. The topological polar surface area (TPSA) is 93.7 Å². The highest BCUT2D eigenvalue weighted by Gasteiger charge is 2.27. The largest absolute Gasteiger partial charge is 0.465 e. The van der Waals surface area contributed by atoms with E-state index in [9.17, 15) is 14.4 Å². The van der Waals surface area contributed by atoms with Crippen LogP contribution in [-0.4, -0.2) is 37.7 Å². The number of hydrogen-bond acceptors (Lipinski definition) is 6. The average molecular weight is 368 g/mol. The fraction of sp³-hybridized carbons (Fsp3) is 0.588. The van der Waals surface area contributed by atoms with Crippen LogP contribution in [0.15, 0.2) is 0 Å². The minimum absolute atomic E-state index is 0.140. The molecule has 1 heterocycles. The van der Waals surface area contributed by atoms with Gasteiger partial charge in [0.25, 0.3) is 0 Å². The number of esters is 2. The number of nitrogens with one attached hydrogen (secondary N) is 2. The van der Waals surface area contributed by atoms with Gasteiger partial charge in [0, 0.05) is 6.04 Å². The lowest BCUT2D eigenvalue weighted by atomic mass is 9.96. The van der Waals surface area contributed by atoms with Gasteiger partial charge < -0.3 is 14.8 Å². The number of thiophene rings is 1. The Balaban J connectivity index is 2.20. The smallest absolute Gasteiger partial charge is 0.348 e. The zero-order valence-electron chi connectivity index (χ0n) is 14.8. The summed E-state index contributed by atoms with van der Waals surface area (Å²) in [5.74, 6) is -1.12. The first-order valence-corrected chi connectivity index (χ1v) is 9.25. The summed E-state index contributed by atoms with van der Waals surface area (Å²) in [5.41, 5.74) is 0.648. The molecule has 1 aromatic rings. The Kier molecular flexibility index (Phi) is 6.81. The van der Waals surface area contributed by atoms with Crippen LogP contribution in [-0.2, 0) is 9.47 Å². The molecule has 0 aromatic carbocycles. The van der Waals surface area contributed by atoms with E-state index < -0.39 is 11.9 Å². The summed E-state index contributed by atoms with van der Waals surface area (Å²) in [6.07, 6.45) is 5.30. The minimum Gasteiger partial charge on any atom is -0.465 e. The molecule has 1 fully saturated rings. The van der Waals surface area contributed by atoms with Gasteiger partial charge in [0.2, 0.25) is 0 Å². The van der Waals surface area contributed by atoms with E-state index in [1.54, 1.807) is 13.8 Å². The number of rotatable bonds is 5. The Morgan fingerprint density at radius 2 is 1.84 bits per heavy atom. The molecule has 0 saturated heterocycles. The summed E-state index contributed by atoms with van der Waals surface area (Å²) in [4.78, 5) is 36.7. The van der Waals surface area contributed by atoms with Crippen molar-refractivity contribution in [1.82, 2.24) is 5.32 Å². The molecule has 1 aliphatic carbocycles. The van der Waals surface area contributed by atoms with Gasteiger partial charge in [0.15, 0.2) is 0 Å². The molecule has 2 N–H and O–H groups in total. The van der Waals surface area contributed by atoms with Crippen LogP contribution in [0.2, 0.25) is 0 Å². The van der Waals surface area contributed by atoms with Crippen molar-refractivity contribution in [3.05, 3.63) is 16.0 Å². The van der Waals surface area contributed by atoms with E-state index in [-0.39, 0.29) is 29.1 Å². The highest BCUT2D eigenvalue weighted by Crippen LogP contribution is 2.34. The van der Waals surface area contributed by atoms with Crippen molar-refractivity contribution < 1.29 is 23.9 Å². The van der Waals surface area contributed by atoms with Crippen molar-refractivity contribution in [2.75, 3.05) is 19.0 Å². The molecule has 2 rings (SSSR count). The summed E-state index contributed by atoms with van der Waals surface area (Å²) >= 11 is 1.02. The van der Waals surface area contributed by atoms with Crippen LogP contribution in [0.4, 0.5) is 9.80 Å². The molecule has 1 aliphatic rings. The number of carbonyl (C=O) groups is 3. The molecule has 0 unspecified atom stereocenters. The third kappa shape index (κ3) is 4.72. The highest BCUT2D eigenvalue weighted by molar-refractivity contribution is 7.18. The number of anilines is 1. The summed E-state index contributed by atoms with van der Waals surface area (Å²) in [6, 6.07) is -0.240. The fourth-order valence-corrected chi connectivity index (χ4v) is 4.02. The van der Waals surface area contributed by atoms with Crippen molar-refractivity contribution >= 4 is 34.3 Å². The van der Waals surface area contributed by atoms with Crippen LogP contribution in [0, 0.1) is 6.92 Å². The van der Waals surface area contributed by atoms with Gasteiger partial charge in [-0.15, -0.1) is 11.3 Å². The SMILES string of the molecule is CCOC(=O)c1c(NC(=O)NC2CCCCC2)sc(C(=O)OC)c1C. The van der Waals surface area contributed by atoms with Crippen LogP contribution in [0.25, 0.3) is 0 Å². The number of amides is 2. The summed E-state index contributed by atoms with van der Waals surface area (Å²) in [7, 11) is 1.27. The Morgan fingerprint density at radius 1 is 1.16 bits per heavy atom. The first-order chi connectivity index (χ1) is 12.0. The first-order valence-electron chi connectivity index (χ1n) is 8.44. The summed E-state index contributed by atoms with van der Waals surface area (Å²) in [5, 5.41) is 5.92. The average Bonchev–Trinajstić information content (AvgIpc) is 2.91. The van der Waals surface area contributed by atoms with Gasteiger partial charge >= 0.3 is 18.0 Å². The molecule has 2 amide bonds. The summed E-state index contributed by atoms with van der Waals surface area (Å²) in [6.45, 7) is 3.54. The first kappa shape index (κ1) is 19.2. The normalized spacial score (nSPS) is 14.7. The van der Waals surface area contributed by atoms with Crippen LogP contribution >= 0.6 is 11.3 Å². The van der Waals surface area contributed by atoms with Crippen LogP contribution in [0.5, 0.6) is 0 Å². The van der Waals surface area contributed by atoms with Gasteiger partial charge in [-0.05, 0) is 32.3 Å². The molecule has 138 valence electrons. The van der Waals surface area contributed by atoms with E-state index in [1.165, 1.54) is 13.5 Å². The van der Waals surface area contributed by atoms with Gasteiger partial charge in [-0.25, -0.2) is 14.4 Å². The van der Waals surface area contributed by atoms with Crippen LogP contribution in [0.1, 0.15) is 64.6 Å². The lowest BCUT2D eigenvalue weighted by Crippen LogP contribution is -2.39. The number of methoxy groups -OCH3 is 1. The molecule has 0 bridgehead atoms. The lowest BCUT2D eigenvalue weighted by Gasteiger charge is -2.22. The Hall–Kier alpha value is -2.09. The zero-order chi connectivity index (χ0) is 18.4. The molecule has 1 saturated carbocycles. The fourth-order valence-electron chi connectivity index (χ4n) is 2.91. The van der Waals surface area contributed by atoms with E-state index in [4.69, 9.17) is 9.47 Å². The minimum atomic E-state index is -0.570. The van der Waals surface area contributed by atoms with Crippen molar-refractivity contribution in [1.29, 1.82) is 0 Å². The van der Waals surface area contributed by atoms with E-state index in [2.05, 4.69) is 10.6 Å². The second-order valence-corrected chi connectivity index (χ2v) is 6.93. The van der Waals surface area contributed by atoms with Crippen molar-refractivity contribution in [3.63, 3.8) is 0 Å². The standard InChI is InChI=1S/C17H24N2O5S/c1-4-24-15(20)12-10(2)13(16(21)23-3)25-14(12)19-17(22)18-11-8-6-5-7-9-11/h11H,4-9H2,1-3H3,(H2,18,19,22). The van der Waals surface area contributed by atoms with E-state index in [0.717, 1.165) is 37.0 Å².